The van der Waals surface area contributed by atoms with Gasteiger partial charge >= 0.3 is 0 Å². The highest BCUT2D eigenvalue weighted by molar-refractivity contribution is 6.31. The summed E-state index contributed by atoms with van der Waals surface area (Å²) in [5.74, 6) is 0.262. The number of rotatable bonds is 5. The minimum Gasteiger partial charge on any atom is -0.494 e. The first kappa shape index (κ1) is 17.6. The van der Waals surface area contributed by atoms with Crippen LogP contribution in [0.15, 0.2) is 48.0 Å². The number of nitrogens with zero attached hydrogens (tertiary/aromatic N) is 1. The van der Waals surface area contributed by atoms with Gasteiger partial charge in [-0.25, -0.2) is 0 Å². The highest BCUT2D eigenvalue weighted by atomic mass is 35.5. The highest BCUT2D eigenvalue weighted by Crippen LogP contribution is 2.21. The molecule has 0 saturated heterocycles. The van der Waals surface area contributed by atoms with E-state index in [1.807, 2.05) is 19.9 Å². The van der Waals surface area contributed by atoms with Gasteiger partial charge in [-0.15, -0.1) is 0 Å². The van der Waals surface area contributed by atoms with Crippen molar-refractivity contribution in [3.63, 3.8) is 0 Å². The van der Waals surface area contributed by atoms with Crippen LogP contribution in [0.5, 0.6) is 5.75 Å². The summed E-state index contributed by atoms with van der Waals surface area (Å²) in [5, 5.41) is 12.5. The monoisotopic (exact) mass is 340 g/mol. The van der Waals surface area contributed by atoms with Crippen LogP contribution in [0.3, 0.4) is 0 Å². The third-order valence-corrected chi connectivity index (χ3v) is 3.70. The molecule has 2 rings (SSSR count). The van der Waals surface area contributed by atoms with Crippen LogP contribution >= 0.6 is 11.6 Å². The van der Waals surface area contributed by atoms with Gasteiger partial charge in [0.05, 0.1) is 6.61 Å². The van der Waals surface area contributed by atoms with E-state index in [-0.39, 0.29) is 5.57 Å². The Morgan fingerprint density at radius 2 is 2.00 bits per heavy atom. The van der Waals surface area contributed by atoms with Gasteiger partial charge in [-0.1, -0.05) is 29.8 Å². The lowest BCUT2D eigenvalue weighted by molar-refractivity contribution is -0.112. The Balaban J connectivity index is 2.15. The van der Waals surface area contributed by atoms with Crippen molar-refractivity contribution < 1.29 is 9.53 Å². The molecule has 5 heteroatoms. The second-order valence-electron chi connectivity index (χ2n) is 5.09. The molecular formula is C19H17ClN2O2. The van der Waals surface area contributed by atoms with Crippen LogP contribution in [-0.2, 0) is 4.79 Å². The molecular weight excluding hydrogens is 324 g/mol. The van der Waals surface area contributed by atoms with Crippen molar-refractivity contribution in [2.24, 2.45) is 0 Å². The number of benzene rings is 2. The van der Waals surface area contributed by atoms with Gasteiger partial charge in [0.1, 0.15) is 17.4 Å². The van der Waals surface area contributed by atoms with Crippen LogP contribution in [0.25, 0.3) is 6.08 Å². The zero-order chi connectivity index (χ0) is 17.5. The van der Waals surface area contributed by atoms with Crippen molar-refractivity contribution in [3.05, 3.63) is 64.2 Å². The quantitative estimate of drug-likeness (QED) is 0.639. The molecule has 122 valence electrons. The van der Waals surface area contributed by atoms with E-state index in [0.29, 0.717) is 17.3 Å². The van der Waals surface area contributed by atoms with Gasteiger partial charge in [-0.05, 0) is 55.3 Å². The molecule has 0 aliphatic carbocycles. The van der Waals surface area contributed by atoms with E-state index in [4.69, 9.17) is 16.3 Å². The van der Waals surface area contributed by atoms with Crippen LogP contribution in [0.2, 0.25) is 5.02 Å². The molecule has 24 heavy (non-hydrogen) atoms. The van der Waals surface area contributed by atoms with Crippen molar-refractivity contribution in [3.8, 4) is 11.8 Å². The lowest BCUT2D eigenvalue weighted by Gasteiger charge is -2.06. The number of amides is 1. The molecule has 0 aliphatic rings. The Morgan fingerprint density at radius 1 is 1.29 bits per heavy atom. The first-order chi connectivity index (χ1) is 11.5. The summed E-state index contributed by atoms with van der Waals surface area (Å²) in [4.78, 5) is 12.2. The van der Waals surface area contributed by atoms with Gasteiger partial charge in [-0.2, -0.15) is 5.26 Å². The first-order valence-corrected chi connectivity index (χ1v) is 7.83. The second kappa shape index (κ2) is 8.19. The van der Waals surface area contributed by atoms with Crippen molar-refractivity contribution in [2.75, 3.05) is 11.9 Å². The number of hydrogen-bond donors (Lipinski definition) is 1. The average molecular weight is 341 g/mol. The van der Waals surface area contributed by atoms with E-state index in [0.717, 1.165) is 16.9 Å². The normalized spacial score (nSPS) is 10.8. The molecule has 0 bridgehead atoms. The number of nitriles is 1. The predicted molar refractivity (Wildman–Crippen MR) is 96.0 cm³/mol. The van der Waals surface area contributed by atoms with Crippen molar-refractivity contribution >= 4 is 29.3 Å². The molecule has 1 amide bonds. The van der Waals surface area contributed by atoms with Crippen molar-refractivity contribution in [1.29, 1.82) is 5.26 Å². The van der Waals surface area contributed by atoms with Gasteiger partial charge in [0.25, 0.3) is 5.91 Å². The third kappa shape index (κ3) is 4.61. The van der Waals surface area contributed by atoms with Gasteiger partial charge < -0.3 is 10.1 Å². The van der Waals surface area contributed by atoms with E-state index in [2.05, 4.69) is 5.32 Å². The minimum atomic E-state index is -0.480. The molecule has 0 saturated carbocycles. The Bertz CT molecular complexity index is 805. The summed E-state index contributed by atoms with van der Waals surface area (Å²) in [6.45, 7) is 4.36. The van der Waals surface area contributed by atoms with Gasteiger partial charge in [0.2, 0.25) is 0 Å². The third-order valence-electron chi connectivity index (χ3n) is 3.30. The number of carbonyl (C=O) groups excluding carboxylic acids is 1. The van der Waals surface area contributed by atoms with E-state index in [1.165, 1.54) is 6.08 Å². The average Bonchev–Trinajstić information content (AvgIpc) is 2.57. The smallest absolute Gasteiger partial charge is 0.266 e. The SMILES string of the molecule is CCOc1ccc(/C=C(\C#N)C(=O)Nc2ccc(C)c(Cl)c2)cc1. The molecule has 2 aromatic rings. The number of ether oxygens (including phenoxy) is 1. The lowest BCUT2D eigenvalue weighted by Crippen LogP contribution is -2.13. The van der Waals surface area contributed by atoms with Gasteiger partial charge in [0.15, 0.2) is 0 Å². The topological polar surface area (TPSA) is 62.1 Å². The number of aryl methyl sites for hydroxylation is 1. The Hall–Kier alpha value is -2.77. The van der Waals surface area contributed by atoms with Crippen LogP contribution in [0.4, 0.5) is 5.69 Å². The van der Waals surface area contributed by atoms with Crippen LogP contribution in [0, 0.1) is 18.3 Å². The number of anilines is 1. The summed E-state index contributed by atoms with van der Waals surface area (Å²) >= 11 is 6.04. The standard InChI is InChI=1S/C19H17ClN2O2/c1-3-24-17-8-5-14(6-9-17)10-15(12-21)19(23)22-16-7-4-13(2)18(20)11-16/h4-11H,3H2,1-2H3,(H,22,23)/b15-10+. The molecule has 0 aromatic heterocycles. The van der Waals surface area contributed by atoms with Crippen LogP contribution in [-0.4, -0.2) is 12.5 Å². The first-order valence-electron chi connectivity index (χ1n) is 7.45. The molecule has 0 atom stereocenters. The van der Waals surface area contributed by atoms with E-state index in [9.17, 15) is 10.1 Å². The molecule has 4 nitrogen and oxygen atoms in total. The number of nitrogens with one attached hydrogen (secondary N) is 1. The van der Waals surface area contributed by atoms with Gasteiger partial charge in [-0.3, -0.25) is 4.79 Å². The maximum atomic E-state index is 12.2. The van der Waals surface area contributed by atoms with E-state index in [1.54, 1.807) is 42.5 Å². The summed E-state index contributed by atoms with van der Waals surface area (Å²) < 4.78 is 5.36. The molecule has 1 N–H and O–H groups in total. The molecule has 0 radical (unpaired) electrons. The van der Waals surface area contributed by atoms with Crippen molar-refractivity contribution in [1.82, 2.24) is 0 Å². The molecule has 0 unspecified atom stereocenters. The maximum absolute atomic E-state index is 12.2. The largest absolute Gasteiger partial charge is 0.494 e. The second-order valence-corrected chi connectivity index (χ2v) is 5.50. The van der Waals surface area contributed by atoms with E-state index >= 15 is 0 Å². The molecule has 0 aliphatic heterocycles. The fourth-order valence-electron chi connectivity index (χ4n) is 2.01. The summed E-state index contributed by atoms with van der Waals surface area (Å²) in [6.07, 6.45) is 1.53. The Labute approximate surface area is 146 Å². The number of halogens is 1. The van der Waals surface area contributed by atoms with Crippen molar-refractivity contribution in [2.45, 2.75) is 13.8 Å². The van der Waals surface area contributed by atoms with Gasteiger partial charge in [0, 0.05) is 10.7 Å². The summed E-state index contributed by atoms with van der Waals surface area (Å²) in [7, 11) is 0. The summed E-state index contributed by atoms with van der Waals surface area (Å²) in [5.41, 5.74) is 2.21. The molecule has 0 spiro atoms. The highest BCUT2D eigenvalue weighted by Gasteiger charge is 2.10. The fourth-order valence-corrected chi connectivity index (χ4v) is 2.19. The van der Waals surface area contributed by atoms with E-state index < -0.39 is 5.91 Å². The fraction of sp³-hybridized carbons (Fsp3) is 0.158. The number of carbonyl (C=O) groups is 1. The molecule has 2 aromatic carbocycles. The molecule has 0 heterocycles. The zero-order valence-corrected chi connectivity index (χ0v) is 14.2. The lowest BCUT2D eigenvalue weighted by atomic mass is 10.1. The number of hydrogen-bond acceptors (Lipinski definition) is 3. The Morgan fingerprint density at radius 3 is 2.58 bits per heavy atom. The minimum absolute atomic E-state index is 0.0101. The van der Waals surface area contributed by atoms with Crippen LogP contribution < -0.4 is 10.1 Å². The van der Waals surface area contributed by atoms with Crippen LogP contribution in [0.1, 0.15) is 18.1 Å². The molecule has 0 fully saturated rings. The summed E-state index contributed by atoms with van der Waals surface area (Å²) in [6, 6.07) is 14.3. The predicted octanol–water partition coefficient (Wildman–Crippen LogP) is 4.59. The Kier molecular flexibility index (Phi) is 6.00. The maximum Gasteiger partial charge on any atom is 0.266 e. The zero-order valence-electron chi connectivity index (χ0n) is 13.5.